The van der Waals surface area contributed by atoms with E-state index in [1.807, 2.05) is 24.3 Å². The van der Waals surface area contributed by atoms with Crippen LogP contribution in [0.2, 0.25) is 0 Å². The third-order valence-electron chi connectivity index (χ3n) is 12.7. The number of ether oxygens (including phenoxy) is 2. The van der Waals surface area contributed by atoms with E-state index >= 15 is 0 Å². The van der Waals surface area contributed by atoms with Crippen molar-refractivity contribution in [3.8, 4) is 0 Å². The third kappa shape index (κ3) is 7.52. The van der Waals surface area contributed by atoms with Gasteiger partial charge in [-0.25, -0.2) is 9.59 Å². The second-order valence-electron chi connectivity index (χ2n) is 15.6. The van der Waals surface area contributed by atoms with Gasteiger partial charge in [0.25, 0.3) is 0 Å². The number of nitrogens with zero attached hydrogens (tertiary/aromatic N) is 2. The van der Waals surface area contributed by atoms with Crippen LogP contribution in [0.25, 0.3) is 12.2 Å². The monoisotopic (exact) mass is 718 g/mol. The highest BCUT2D eigenvalue weighted by Gasteiger charge is 2.49. The number of methoxy groups -OCH3 is 2. The Morgan fingerprint density at radius 1 is 0.481 bits per heavy atom. The van der Waals surface area contributed by atoms with Crippen LogP contribution in [0.4, 0.5) is 11.4 Å². The van der Waals surface area contributed by atoms with Gasteiger partial charge in [-0.15, -0.1) is 0 Å². The molecule has 6 heteroatoms. The summed E-state index contributed by atoms with van der Waals surface area (Å²) in [6, 6.07) is 37.1. The Morgan fingerprint density at radius 2 is 0.815 bits per heavy atom. The fraction of sp³-hybridized carbons (Fsp3) is 0.333. The van der Waals surface area contributed by atoms with E-state index in [4.69, 9.17) is 9.47 Å². The van der Waals surface area contributed by atoms with Crippen molar-refractivity contribution in [2.24, 2.45) is 47.3 Å². The summed E-state index contributed by atoms with van der Waals surface area (Å²) < 4.78 is 9.89. The van der Waals surface area contributed by atoms with Gasteiger partial charge >= 0.3 is 11.9 Å². The number of hydrogen-bond donors (Lipinski definition) is 0. The highest BCUT2D eigenvalue weighted by Crippen LogP contribution is 2.51. The molecule has 2 saturated heterocycles. The number of carbonyl (C=O) groups is 2. The molecule has 0 N–H and O–H groups in total. The maximum absolute atomic E-state index is 12.1. The molecule has 0 spiro atoms. The summed E-state index contributed by atoms with van der Waals surface area (Å²) in [5.74, 6) is 3.64. The SMILES string of the molecule is COC(=O)c1ccc(N2C[C@@H]3[C@H](C2)C(/C=C/C2C[C@@H](/C=C/c4ccccc4)[C@H]4CN(c5ccc(C(=O)OC)cc5)C[C@@H]24)C[C@@H]3/C=C/c2ccccc2)cc1. The standard InChI is InChI=1S/C48H50N2O4/c1-53-47(51)35-19-23-41(24-20-35)49-29-43-37(15-13-33-9-5-3-6-10-33)27-39(45(43)31-49)17-18-40-28-38(16-14-34-11-7-4-8-12-34)44-30-50(32-46(40)44)42-25-21-36(22-26-42)48(52)54-2/h3-26,37-40,43-46H,27-32H2,1-2H3/b15-13+,16-14+,18-17+/t37-,38+,39?,40?,43-,44+,45+,46-. The molecular formula is C48H50N2O4. The minimum absolute atomic E-state index is 0.301. The van der Waals surface area contributed by atoms with Crippen LogP contribution in [0.5, 0.6) is 0 Å². The Bertz CT molecular complexity index is 1840. The molecule has 2 heterocycles. The molecule has 0 bridgehead atoms. The van der Waals surface area contributed by atoms with Gasteiger partial charge < -0.3 is 19.3 Å². The maximum atomic E-state index is 12.1. The molecule has 2 aliphatic carbocycles. The van der Waals surface area contributed by atoms with Crippen molar-refractivity contribution in [2.45, 2.75) is 12.8 Å². The highest BCUT2D eigenvalue weighted by atomic mass is 16.5. The van der Waals surface area contributed by atoms with Gasteiger partial charge in [-0.1, -0.05) is 97.1 Å². The quantitative estimate of drug-likeness (QED) is 0.120. The van der Waals surface area contributed by atoms with Crippen molar-refractivity contribution >= 4 is 35.5 Å². The van der Waals surface area contributed by atoms with Gasteiger partial charge in [0.1, 0.15) is 0 Å². The minimum atomic E-state index is -0.301. The largest absolute Gasteiger partial charge is 0.465 e. The minimum Gasteiger partial charge on any atom is -0.465 e. The van der Waals surface area contributed by atoms with Crippen molar-refractivity contribution in [1.82, 2.24) is 0 Å². The predicted octanol–water partition coefficient (Wildman–Crippen LogP) is 9.32. The van der Waals surface area contributed by atoms with Crippen LogP contribution in [0, 0.1) is 47.3 Å². The average Bonchev–Trinajstić information content (AvgIpc) is 4.01. The zero-order valence-corrected chi connectivity index (χ0v) is 31.2. The summed E-state index contributed by atoms with van der Waals surface area (Å²) in [6.07, 6.45) is 17.1. The van der Waals surface area contributed by atoms with Gasteiger partial charge in [0, 0.05) is 37.6 Å². The lowest BCUT2D eigenvalue weighted by Crippen LogP contribution is -2.23. The van der Waals surface area contributed by atoms with E-state index in [0.717, 1.165) is 26.2 Å². The van der Waals surface area contributed by atoms with Crippen molar-refractivity contribution < 1.29 is 19.1 Å². The number of esters is 2. The van der Waals surface area contributed by atoms with Crippen LogP contribution >= 0.6 is 0 Å². The van der Waals surface area contributed by atoms with Gasteiger partial charge in [0.15, 0.2) is 0 Å². The first kappa shape index (κ1) is 35.7. The molecule has 8 rings (SSSR count). The van der Waals surface area contributed by atoms with Crippen molar-refractivity contribution in [3.63, 3.8) is 0 Å². The summed E-state index contributed by atoms with van der Waals surface area (Å²) in [7, 11) is 2.86. The Kier molecular flexibility index (Phi) is 10.5. The van der Waals surface area contributed by atoms with Crippen LogP contribution in [-0.4, -0.2) is 52.3 Å². The van der Waals surface area contributed by atoms with Crippen LogP contribution in [0.15, 0.2) is 133 Å². The molecule has 276 valence electrons. The summed E-state index contributed by atoms with van der Waals surface area (Å²) in [6.45, 7) is 4.06. The molecule has 54 heavy (non-hydrogen) atoms. The average molecular weight is 719 g/mol. The van der Waals surface area contributed by atoms with Gasteiger partial charge in [-0.05, 0) is 120 Å². The van der Waals surface area contributed by atoms with Gasteiger partial charge in [0.05, 0.1) is 25.3 Å². The fourth-order valence-electron chi connectivity index (χ4n) is 9.89. The first-order chi connectivity index (χ1) is 26.5. The second kappa shape index (κ2) is 15.9. The molecule has 0 radical (unpaired) electrons. The van der Waals surface area contributed by atoms with E-state index in [9.17, 15) is 9.59 Å². The summed E-state index contributed by atoms with van der Waals surface area (Å²) in [5, 5.41) is 0. The van der Waals surface area contributed by atoms with E-state index in [1.54, 1.807) is 0 Å². The van der Waals surface area contributed by atoms with E-state index in [2.05, 4.69) is 131 Å². The van der Waals surface area contributed by atoms with Crippen LogP contribution in [0.1, 0.15) is 44.7 Å². The fourth-order valence-corrected chi connectivity index (χ4v) is 9.89. The van der Waals surface area contributed by atoms with Gasteiger partial charge in [-0.2, -0.15) is 0 Å². The number of fused-ring (bicyclic) bond motifs is 2. The molecule has 6 nitrogen and oxygen atoms in total. The molecule has 2 unspecified atom stereocenters. The lowest BCUT2D eigenvalue weighted by molar-refractivity contribution is 0.0592. The topological polar surface area (TPSA) is 59.1 Å². The summed E-state index contributed by atoms with van der Waals surface area (Å²) in [4.78, 5) is 29.3. The van der Waals surface area contributed by atoms with Crippen LogP contribution in [-0.2, 0) is 9.47 Å². The summed E-state index contributed by atoms with van der Waals surface area (Å²) >= 11 is 0. The molecule has 4 fully saturated rings. The lowest BCUT2D eigenvalue weighted by atomic mass is 9.87. The Hall–Kier alpha value is -5.36. The van der Waals surface area contributed by atoms with E-state index in [-0.39, 0.29) is 11.9 Å². The Balaban J connectivity index is 1.03. The molecule has 0 aromatic heterocycles. The second-order valence-corrected chi connectivity index (χ2v) is 15.6. The number of allylic oxidation sites excluding steroid dienone is 4. The molecular weight excluding hydrogens is 669 g/mol. The highest BCUT2D eigenvalue weighted by molar-refractivity contribution is 5.90. The predicted molar refractivity (Wildman–Crippen MR) is 217 cm³/mol. The molecule has 2 saturated carbocycles. The van der Waals surface area contributed by atoms with Gasteiger partial charge in [-0.3, -0.25) is 0 Å². The maximum Gasteiger partial charge on any atom is 0.337 e. The van der Waals surface area contributed by atoms with Crippen LogP contribution in [0.3, 0.4) is 0 Å². The number of carbonyl (C=O) groups excluding carboxylic acids is 2. The first-order valence-corrected chi connectivity index (χ1v) is 19.5. The summed E-state index contributed by atoms with van der Waals surface area (Å²) in [5.41, 5.74) is 6.00. The molecule has 2 aliphatic heterocycles. The molecule has 0 amide bonds. The lowest BCUT2D eigenvalue weighted by Gasteiger charge is -2.23. The Morgan fingerprint density at radius 3 is 1.15 bits per heavy atom. The van der Waals surface area contributed by atoms with Crippen molar-refractivity contribution in [3.05, 3.63) is 156 Å². The number of anilines is 2. The van der Waals surface area contributed by atoms with Crippen molar-refractivity contribution in [2.75, 3.05) is 50.2 Å². The van der Waals surface area contributed by atoms with E-state index in [1.165, 1.54) is 49.6 Å². The number of rotatable bonds is 10. The van der Waals surface area contributed by atoms with Gasteiger partial charge in [0.2, 0.25) is 0 Å². The van der Waals surface area contributed by atoms with Crippen LogP contribution < -0.4 is 9.80 Å². The number of benzene rings is 4. The van der Waals surface area contributed by atoms with E-state index < -0.39 is 0 Å². The zero-order chi connectivity index (χ0) is 37.0. The van der Waals surface area contributed by atoms with E-state index in [0.29, 0.717) is 58.5 Å². The normalized spacial score (nSPS) is 27.6. The molecule has 4 aliphatic rings. The smallest absolute Gasteiger partial charge is 0.337 e. The Labute approximate surface area is 319 Å². The number of hydrogen-bond acceptors (Lipinski definition) is 6. The third-order valence-corrected chi connectivity index (χ3v) is 12.7. The first-order valence-electron chi connectivity index (χ1n) is 19.5. The molecule has 8 atom stereocenters. The van der Waals surface area contributed by atoms with Crippen molar-refractivity contribution in [1.29, 1.82) is 0 Å². The molecule has 4 aromatic rings. The zero-order valence-electron chi connectivity index (χ0n) is 31.2. The molecule has 4 aromatic carbocycles.